The Hall–Kier alpha value is -1.56. The van der Waals surface area contributed by atoms with Gasteiger partial charge in [-0.1, -0.05) is 0 Å². The summed E-state index contributed by atoms with van der Waals surface area (Å²) >= 11 is 1.30. The van der Waals surface area contributed by atoms with Crippen molar-refractivity contribution < 1.29 is 19.1 Å². The fourth-order valence-electron chi connectivity index (χ4n) is 1.49. The van der Waals surface area contributed by atoms with Crippen LogP contribution in [0.3, 0.4) is 0 Å². The van der Waals surface area contributed by atoms with Crippen molar-refractivity contribution in [2.45, 2.75) is 33.7 Å². The summed E-state index contributed by atoms with van der Waals surface area (Å²) in [6, 6.07) is 0.155. The molecule has 0 bridgehead atoms. The number of hydrogen-bond donors (Lipinski definition) is 1. The number of anilines is 1. The molecule has 0 aliphatic rings. The zero-order chi connectivity index (χ0) is 14.4. The highest BCUT2D eigenvalue weighted by molar-refractivity contribution is 7.15. The molecule has 106 valence electrons. The van der Waals surface area contributed by atoms with E-state index in [4.69, 9.17) is 9.47 Å². The van der Waals surface area contributed by atoms with E-state index in [9.17, 15) is 9.59 Å². The molecule has 0 spiro atoms. The van der Waals surface area contributed by atoms with E-state index in [-0.39, 0.29) is 30.4 Å². The number of nitrogens with one attached hydrogen (secondary N) is 1. The van der Waals surface area contributed by atoms with E-state index in [0.29, 0.717) is 5.00 Å². The fourth-order valence-corrected chi connectivity index (χ4v) is 2.56. The van der Waals surface area contributed by atoms with Crippen molar-refractivity contribution in [1.82, 2.24) is 0 Å². The normalized spacial score (nSPS) is 10.4. The summed E-state index contributed by atoms with van der Waals surface area (Å²) in [5.41, 5.74) is 0.521. The molecule has 0 aromatic carbocycles. The van der Waals surface area contributed by atoms with Crippen molar-refractivity contribution in [1.29, 1.82) is 0 Å². The van der Waals surface area contributed by atoms with Crippen molar-refractivity contribution in [2.75, 3.05) is 18.5 Å². The Labute approximate surface area is 116 Å². The van der Waals surface area contributed by atoms with E-state index in [0.717, 1.165) is 0 Å². The molecule has 0 fully saturated rings. The average molecular weight is 285 g/mol. The largest absolute Gasteiger partial charge is 0.462 e. The highest BCUT2D eigenvalue weighted by atomic mass is 32.1. The predicted octanol–water partition coefficient (Wildman–Crippen LogP) is 2.92. The second-order valence-corrected chi connectivity index (χ2v) is 4.97. The lowest BCUT2D eigenvalue weighted by Gasteiger charge is -2.11. The number of rotatable bonds is 6. The molecule has 0 radical (unpaired) electrons. The van der Waals surface area contributed by atoms with Gasteiger partial charge in [-0.2, -0.15) is 0 Å². The van der Waals surface area contributed by atoms with Gasteiger partial charge in [0, 0.05) is 11.4 Å². The molecule has 0 unspecified atom stereocenters. The third kappa shape index (κ3) is 3.96. The summed E-state index contributed by atoms with van der Waals surface area (Å²) in [4.78, 5) is 23.8. The summed E-state index contributed by atoms with van der Waals surface area (Å²) in [5.74, 6) is -1.01. The molecule has 0 saturated carbocycles. The van der Waals surface area contributed by atoms with E-state index in [1.165, 1.54) is 11.3 Å². The van der Waals surface area contributed by atoms with Crippen molar-refractivity contribution in [3.63, 3.8) is 0 Å². The molecule has 1 aromatic rings. The molecule has 6 heteroatoms. The van der Waals surface area contributed by atoms with E-state index < -0.39 is 11.9 Å². The first-order chi connectivity index (χ1) is 9.01. The number of hydrogen-bond acceptors (Lipinski definition) is 6. The topological polar surface area (TPSA) is 64.6 Å². The highest BCUT2D eigenvalue weighted by Crippen LogP contribution is 2.30. The predicted molar refractivity (Wildman–Crippen MR) is 75.0 cm³/mol. The first kappa shape index (κ1) is 15.5. The van der Waals surface area contributed by atoms with Crippen molar-refractivity contribution >= 4 is 28.3 Å². The van der Waals surface area contributed by atoms with E-state index in [1.54, 1.807) is 19.2 Å². The lowest BCUT2D eigenvalue weighted by molar-refractivity contribution is 0.0481. The van der Waals surface area contributed by atoms with Gasteiger partial charge in [0.1, 0.15) is 10.6 Å². The molecule has 0 amide bonds. The van der Waals surface area contributed by atoms with Gasteiger partial charge in [-0.15, -0.1) is 11.3 Å². The summed E-state index contributed by atoms with van der Waals surface area (Å²) in [6.07, 6.45) is 0. The minimum atomic E-state index is -0.505. The second kappa shape index (κ2) is 7.13. The van der Waals surface area contributed by atoms with E-state index >= 15 is 0 Å². The van der Waals surface area contributed by atoms with Gasteiger partial charge < -0.3 is 14.8 Å². The SMILES string of the molecule is CCOC(=O)c1csc(NC(C)C)c1C(=O)OCC. The molecule has 0 aliphatic heterocycles. The third-order valence-electron chi connectivity index (χ3n) is 2.19. The molecule has 19 heavy (non-hydrogen) atoms. The highest BCUT2D eigenvalue weighted by Gasteiger charge is 2.25. The minimum absolute atomic E-state index is 0.155. The van der Waals surface area contributed by atoms with Crippen LogP contribution in [0.15, 0.2) is 5.38 Å². The zero-order valence-electron chi connectivity index (χ0n) is 11.6. The smallest absolute Gasteiger partial charge is 0.342 e. The maximum Gasteiger partial charge on any atom is 0.342 e. The van der Waals surface area contributed by atoms with Crippen LogP contribution in [0.2, 0.25) is 0 Å². The number of carbonyl (C=O) groups excluding carboxylic acids is 2. The Kier molecular flexibility index (Phi) is 5.82. The summed E-state index contributed by atoms with van der Waals surface area (Å²) in [6.45, 7) is 7.89. The average Bonchev–Trinajstić information content (AvgIpc) is 2.72. The van der Waals surface area contributed by atoms with Crippen molar-refractivity contribution in [3.05, 3.63) is 16.5 Å². The van der Waals surface area contributed by atoms with Crippen molar-refractivity contribution in [3.8, 4) is 0 Å². The van der Waals surface area contributed by atoms with E-state index in [1.807, 2.05) is 13.8 Å². The number of ether oxygens (including phenoxy) is 2. The van der Waals surface area contributed by atoms with Crippen LogP contribution in [-0.2, 0) is 9.47 Å². The van der Waals surface area contributed by atoms with Crippen LogP contribution in [0.5, 0.6) is 0 Å². The number of esters is 2. The van der Waals surface area contributed by atoms with Gasteiger partial charge in [-0.05, 0) is 27.7 Å². The quantitative estimate of drug-likeness (QED) is 0.814. The van der Waals surface area contributed by atoms with Crippen LogP contribution in [0.4, 0.5) is 5.00 Å². The molecule has 1 rings (SSSR count). The minimum Gasteiger partial charge on any atom is -0.462 e. The second-order valence-electron chi connectivity index (χ2n) is 4.09. The summed E-state index contributed by atoms with van der Waals surface area (Å²) in [5, 5.41) is 5.40. The zero-order valence-corrected chi connectivity index (χ0v) is 12.4. The molecular formula is C13H19NO4S. The van der Waals surface area contributed by atoms with Gasteiger partial charge in [0.05, 0.1) is 18.8 Å². The molecule has 1 N–H and O–H groups in total. The molecule has 0 aliphatic carbocycles. The maximum absolute atomic E-state index is 12.0. The molecule has 0 saturated heterocycles. The number of carbonyl (C=O) groups is 2. The standard InChI is InChI=1S/C13H19NO4S/c1-5-17-12(15)9-7-19-11(14-8(3)4)10(9)13(16)18-6-2/h7-8,14H,5-6H2,1-4H3. The van der Waals surface area contributed by atoms with Crippen LogP contribution >= 0.6 is 11.3 Å². The van der Waals surface area contributed by atoms with Crippen LogP contribution in [0, 0.1) is 0 Å². The van der Waals surface area contributed by atoms with Crippen LogP contribution in [0.25, 0.3) is 0 Å². The Morgan fingerprint density at radius 2 is 1.79 bits per heavy atom. The van der Waals surface area contributed by atoms with Gasteiger partial charge >= 0.3 is 11.9 Å². The van der Waals surface area contributed by atoms with Gasteiger partial charge in [-0.25, -0.2) is 9.59 Å². The van der Waals surface area contributed by atoms with Crippen LogP contribution < -0.4 is 5.32 Å². The van der Waals surface area contributed by atoms with Crippen LogP contribution in [-0.4, -0.2) is 31.2 Å². The Balaban J connectivity index is 3.13. The summed E-state index contributed by atoms with van der Waals surface area (Å²) < 4.78 is 9.94. The number of thiophene rings is 1. The third-order valence-corrected chi connectivity index (χ3v) is 3.10. The van der Waals surface area contributed by atoms with Gasteiger partial charge in [-0.3, -0.25) is 0 Å². The Morgan fingerprint density at radius 1 is 1.21 bits per heavy atom. The fraction of sp³-hybridized carbons (Fsp3) is 0.538. The van der Waals surface area contributed by atoms with Crippen LogP contribution in [0.1, 0.15) is 48.4 Å². The molecule has 1 aromatic heterocycles. The monoisotopic (exact) mass is 285 g/mol. The molecule has 1 heterocycles. The molecular weight excluding hydrogens is 266 g/mol. The lowest BCUT2D eigenvalue weighted by Crippen LogP contribution is -2.16. The maximum atomic E-state index is 12.0. The summed E-state index contributed by atoms with van der Waals surface area (Å²) in [7, 11) is 0. The Bertz CT molecular complexity index is 453. The Morgan fingerprint density at radius 3 is 2.32 bits per heavy atom. The first-order valence-corrected chi connectivity index (χ1v) is 7.11. The van der Waals surface area contributed by atoms with Gasteiger partial charge in [0.25, 0.3) is 0 Å². The van der Waals surface area contributed by atoms with Gasteiger partial charge in [0.2, 0.25) is 0 Å². The first-order valence-electron chi connectivity index (χ1n) is 6.23. The molecule has 0 atom stereocenters. The van der Waals surface area contributed by atoms with E-state index in [2.05, 4.69) is 5.32 Å². The molecule has 5 nitrogen and oxygen atoms in total. The van der Waals surface area contributed by atoms with Gasteiger partial charge in [0.15, 0.2) is 0 Å². The lowest BCUT2D eigenvalue weighted by atomic mass is 10.2. The van der Waals surface area contributed by atoms with Crippen molar-refractivity contribution in [2.24, 2.45) is 0 Å².